The third-order valence-electron chi connectivity index (χ3n) is 1.70. The van der Waals surface area contributed by atoms with Crippen LogP contribution < -0.4 is 5.32 Å². The van der Waals surface area contributed by atoms with Crippen LogP contribution in [0.25, 0.3) is 0 Å². The van der Waals surface area contributed by atoms with E-state index >= 15 is 0 Å². The highest BCUT2D eigenvalue weighted by Crippen LogP contribution is 2.21. The third-order valence-corrected chi connectivity index (χ3v) is 2.63. The first kappa shape index (κ1) is 12.1. The van der Waals surface area contributed by atoms with E-state index in [1.165, 1.54) is 18.1 Å². The van der Waals surface area contributed by atoms with Crippen molar-refractivity contribution in [1.82, 2.24) is 30.1 Å². The van der Waals surface area contributed by atoms with Crippen molar-refractivity contribution in [2.75, 3.05) is 11.9 Å². The topological polar surface area (TPSA) is 92.3 Å². The molecule has 2 aromatic heterocycles. The Kier molecular flexibility index (Phi) is 4.10. The molecule has 7 nitrogen and oxygen atoms in total. The van der Waals surface area contributed by atoms with Crippen molar-refractivity contribution in [2.45, 2.75) is 23.7 Å². The van der Waals surface area contributed by atoms with Gasteiger partial charge in [0.05, 0.1) is 0 Å². The Morgan fingerprint density at radius 2 is 2.29 bits per heavy atom. The van der Waals surface area contributed by atoms with E-state index in [0.29, 0.717) is 16.3 Å². The molecular weight excluding hydrogens is 262 g/mol. The van der Waals surface area contributed by atoms with Crippen LogP contribution in [0.4, 0.5) is 5.95 Å². The van der Waals surface area contributed by atoms with Crippen LogP contribution in [0.5, 0.6) is 0 Å². The van der Waals surface area contributed by atoms with E-state index in [2.05, 4.69) is 42.4 Å². The highest BCUT2D eigenvalue weighted by atomic mass is 35.5. The van der Waals surface area contributed by atoms with Crippen molar-refractivity contribution in [3.05, 3.63) is 11.6 Å². The maximum Gasteiger partial charge on any atom is 0.228 e. The summed E-state index contributed by atoms with van der Waals surface area (Å²) < 4.78 is 0. The second kappa shape index (κ2) is 5.78. The van der Waals surface area contributed by atoms with Crippen LogP contribution in [0.3, 0.4) is 0 Å². The van der Waals surface area contributed by atoms with Crippen LogP contribution in [-0.2, 0) is 0 Å². The van der Waals surface area contributed by atoms with Gasteiger partial charge in [-0.1, -0.05) is 6.92 Å². The average Bonchev–Trinajstić information content (AvgIpc) is 2.78. The molecule has 0 unspecified atom stereocenters. The first-order valence-corrected chi connectivity index (χ1v) is 6.16. The van der Waals surface area contributed by atoms with Crippen LogP contribution in [0, 0.1) is 0 Å². The highest BCUT2D eigenvalue weighted by Gasteiger charge is 2.07. The van der Waals surface area contributed by atoms with Gasteiger partial charge < -0.3 is 5.32 Å². The second-order valence-corrected chi connectivity index (χ2v) is 4.32. The average molecular weight is 272 g/mol. The molecule has 0 bridgehead atoms. The zero-order chi connectivity index (χ0) is 12.1. The number of hydrogen-bond donors (Lipinski definition) is 2. The molecule has 0 amide bonds. The monoisotopic (exact) mass is 271 g/mol. The summed E-state index contributed by atoms with van der Waals surface area (Å²) in [6.07, 6.45) is 2.40. The van der Waals surface area contributed by atoms with Gasteiger partial charge in [-0.3, -0.25) is 5.10 Å². The van der Waals surface area contributed by atoms with Gasteiger partial charge in [-0.2, -0.15) is 20.1 Å². The van der Waals surface area contributed by atoms with Gasteiger partial charge in [0.1, 0.15) is 6.33 Å². The minimum absolute atomic E-state index is 0.153. The summed E-state index contributed by atoms with van der Waals surface area (Å²) in [5.41, 5.74) is 0. The maximum absolute atomic E-state index is 5.81. The zero-order valence-corrected chi connectivity index (χ0v) is 10.6. The SMILES string of the molecule is CCCNc1nc(Cl)nc(Sc2ncn[nH]2)n1. The lowest BCUT2D eigenvalue weighted by Crippen LogP contribution is -2.06. The van der Waals surface area contributed by atoms with E-state index in [4.69, 9.17) is 11.6 Å². The summed E-state index contributed by atoms with van der Waals surface area (Å²) in [6.45, 7) is 2.84. The van der Waals surface area contributed by atoms with Crippen molar-refractivity contribution < 1.29 is 0 Å². The minimum atomic E-state index is 0.153. The molecule has 0 atom stereocenters. The predicted octanol–water partition coefficient (Wildman–Crippen LogP) is 1.62. The number of H-pyrrole nitrogens is 1. The molecule has 0 spiro atoms. The van der Waals surface area contributed by atoms with Crippen LogP contribution in [0.2, 0.25) is 5.28 Å². The Hall–Kier alpha value is -1.41. The Bertz CT molecular complexity index is 475. The zero-order valence-electron chi connectivity index (χ0n) is 9.01. The molecule has 2 heterocycles. The molecule has 0 aliphatic rings. The molecule has 2 aromatic rings. The number of halogens is 1. The van der Waals surface area contributed by atoms with Crippen LogP contribution >= 0.6 is 23.4 Å². The van der Waals surface area contributed by atoms with Gasteiger partial charge in [-0.15, -0.1) is 0 Å². The number of hydrogen-bond acceptors (Lipinski definition) is 7. The van der Waals surface area contributed by atoms with Gasteiger partial charge in [-0.05, 0) is 29.8 Å². The molecule has 9 heteroatoms. The fourth-order valence-electron chi connectivity index (χ4n) is 1.02. The van der Waals surface area contributed by atoms with Crippen molar-refractivity contribution in [2.24, 2.45) is 0 Å². The van der Waals surface area contributed by atoms with E-state index in [0.717, 1.165) is 13.0 Å². The van der Waals surface area contributed by atoms with Gasteiger partial charge in [0.2, 0.25) is 16.4 Å². The number of anilines is 1. The van der Waals surface area contributed by atoms with E-state index in [1.54, 1.807) is 0 Å². The number of aromatic nitrogens is 6. The first-order chi connectivity index (χ1) is 8.28. The molecule has 0 aliphatic carbocycles. The predicted molar refractivity (Wildman–Crippen MR) is 64.1 cm³/mol. The van der Waals surface area contributed by atoms with Crippen molar-refractivity contribution in [3.63, 3.8) is 0 Å². The summed E-state index contributed by atoms with van der Waals surface area (Å²) in [7, 11) is 0. The fourth-order valence-corrected chi connectivity index (χ4v) is 1.87. The summed E-state index contributed by atoms with van der Waals surface area (Å²) >= 11 is 7.05. The first-order valence-electron chi connectivity index (χ1n) is 4.96. The van der Waals surface area contributed by atoms with Gasteiger partial charge in [0.15, 0.2) is 5.16 Å². The van der Waals surface area contributed by atoms with Gasteiger partial charge in [0, 0.05) is 6.54 Å². The Morgan fingerprint density at radius 1 is 1.41 bits per heavy atom. The Balaban J connectivity index is 2.13. The lowest BCUT2D eigenvalue weighted by Gasteiger charge is -2.04. The number of aromatic amines is 1. The standard InChI is InChI=1S/C8H10ClN7S/c1-2-3-10-6-13-5(9)14-8(15-6)17-7-11-4-12-16-7/h4H,2-3H2,1H3,(H,11,12,16)(H,10,13,14,15). The Morgan fingerprint density at radius 3 is 3.00 bits per heavy atom. The molecule has 0 aromatic carbocycles. The van der Waals surface area contributed by atoms with E-state index < -0.39 is 0 Å². The molecule has 2 rings (SSSR count). The Labute approximate surface area is 107 Å². The molecule has 0 aliphatic heterocycles. The van der Waals surface area contributed by atoms with Gasteiger partial charge >= 0.3 is 0 Å². The molecule has 0 radical (unpaired) electrons. The van der Waals surface area contributed by atoms with E-state index in [-0.39, 0.29) is 5.28 Å². The molecule has 0 saturated carbocycles. The van der Waals surface area contributed by atoms with Gasteiger partial charge in [0.25, 0.3) is 0 Å². The van der Waals surface area contributed by atoms with Crippen molar-refractivity contribution >= 4 is 29.3 Å². The van der Waals surface area contributed by atoms with E-state index in [1.807, 2.05) is 0 Å². The lowest BCUT2D eigenvalue weighted by molar-refractivity contribution is 0.871. The van der Waals surface area contributed by atoms with Crippen LogP contribution in [0.1, 0.15) is 13.3 Å². The number of nitrogens with one attached hydrogen (secondary N) is 2. The summed E-state index contributed by atoms with van der Waals surface area (Å²) in [6, 6.07) is 0. The molecule has 17 heavy (non-hydrogen) atoms. The molecular formula is C8H10ClN7S. The second-order valence-electron chi connectivity index (χ2n) is 3.03. The normalized spacial score (nSPS) is 10.5. The fraction of sp³-hybridized carbons (Fsp3) is 0.375. The quantitative estimate of drug-likeness (QED) is 0.853. The number of nitrogens with zero attached hydrogens (tertiary/aromatic N) is 5. The summed E-state index contributed by atoms with van der Waals surface area (Å²) in [5, 5.41) is 10.7. The van der Waals surface area contributed by atoms with E-state index in [9.17, 15) is 0 Å². The van der Waals surface area contributed by atoms with Crippen molar-refractivity contribution in [3.8, 4) is 0 Å². The molecule has 0 saturated heterocycles. The summed E-state index contributed by atoms with van der Waals surface area (Å²) in [5.74, 6) is 0.467. The molecule has 2 N–H and O–H groups in total. The van der Waals surface area contributed by atoms with Gasteiger partial charge in [-0.25, -0.2) is 4.98 Å². The minimum Gasteiger partial charge on any atom is -0.354 e. The smallest absolute Gasteiger partial charge is 0.228 e. The largest absolute Gasteiger partial charge is 0.354 e. The van der Waals surface area contributed by atoms with Crippen LogP contribution in [0.15, 0.2) is 16.6 Å². The summed E-state index contributed by atoms with van der Waals surface area (Å²) in [4.78, 5) is 16.1. The third kappa shape index (κ3) is 3.53. The number of rotatable bonds is 5. The van der Waals surface area contributed by atoms with Crippen LogP contribution in [-0.4, -0.2) is 36.7 Å². The molecule has 0 fully saturated rings. The van der Waals surface area contributed by atoms with Crippen molar-refractivity contribution in [1.29, 1.82) is 0 Å². The lowest BCUT2D eigenvalue weighted by atomic mass is 10.5. The highest BCUT2D eigenvalue weighted by molar-refractivity contribution is 7.99. The maximum atomic E-state index is 5.81. The molecule has 90 valence electrons.